The van der Waals surface area contributed by atoms with Crippen molar-refractivity contribution in [2.24, 2.45) is 0 Å². The number of aryl methyl sites for hydroxylation is 2. The molecule has 0 spiro atoms. The van der Waals surface area contributed by atoms with Gasteiger partial charge in [-0.05, 0) is 44.0 Å². The van der Waals surface area contributed by atoms with Crippen molar-refractivity contribution in [1.82, 2.24) is 9.80 Å². The van der Waals surface area contributed by atoms with Gasteiger partial charge in [-0.25, -0.2) is 0 Å². The van der Waals surface area contributed by atoms with Crippen LogP contribution in [-0.4, -0.2) is 42.5 Å². The van der Waals surface area contributed by atoms with Gasteiger partial charge >= 0.3 is 0 Å². The number of piperazine rings is 1. The lowest BCUT2D eigenvalue weighted by Crippen LogP contribution is -2.47. The molecule has 0 aromatic heterocycles. The van der Waals surface area contributed by atoms with Crippen molar-refractivity contribution in [3.05, 3.63) is 70.8 Å². The molecule has 3 atom stereocenters. The predicted molar refractivity (Wildman–Crippen MR) is 111 cm³/mol. The number of rotatable bonds is 3. The SMILES string of the molecule is Br.Cc1ccc(C2CN([C@@H]3C[C@H]3c3ccccc3)CCN2C)c(C)c1. The minimum Gasteiger partial charge on any atom is -0.297 e. The smallest absolute Gasteiger partial charge is 0.0475 e. The molecule has 1 unspecified atom stereocenters. The third kappa shape index (κ3) is 3.84. The maximum atomic E-state index is 2.74. The Morgan fingerprint density at radius 1 is 0.960 bits per heavy atom. The summed E-state index contributed by atoms with van der Waals surface area (Å²) in [5.41, 5.74) is 5.82. The summed E-state index contributed by atoms with van der Waals surface area (Å²) in [6.45, 7) is 7.97. The molecule has 1 aliphatic heterocycles. The lowest BCUT2D eigenvalue weighted by atomic mass is 9.96. The molecule has 0 radical (unpaired) electrons. The Hall–Kier alpha value is -1.16. The lowest BCUT2D eigenvalue weighted by molar-refractivity contribution is 0.0883. The Bertz CT molecular complexity index is 715. The second-order valence-corrected chi connectivity index (χ2v) is 7.67. The van der Waals surface area contributed by atoms with Crippen LogP contribution in [0, 0.1) is 13.8 Å². The summed E-state index contributed by atoms with van der Waals surface area (Å²) >= 11 is 0. The van der Waals surface area contributed by atoms with Gasteiger partial charge in [-0.3, -0.25) is 9.80 Å². The average Bonchev–Trinajstić information content (AvgIpc) is 3.37. The summed E-state index contributed by atoms with van der Waals surface area (Å²) in [4.78, 5) is 5.27. The fourth-order valence-electron chi connectivity index (χ4n) is 4.37. The van der Waals surface area contributed by atoms with Gasteiger partial charge in [-0.15, -0.1) is 17.0 Å². The predicted octanol–water partition coefficient (Wildman–Crippen LogP) is 4.73. The Morgan fingerprint density at radius 3 is 2.44 bits per heavy atom. The summed E-state index contributed by atoms with van der Waals surface area (Å²) in [6.07, 6.45) is 1.33. The molecular formula is C22H29BrN2. The standard InChI is InChI=1S/C22H28N2.BrH/c1-16-9-10-19(17(2)13-16)22-15-24(12-11-23(22)3)21-14-20(21)18-7-5-4-6-8-18;/h4-10,13,20-22H,11-12,14-15H2,1-3H3;1H/t20-,21+,22?;/m0./s1. The van der Waals surface area contributed by atoms with Gasteiger partial charge < -0.3 is 0 Å². The number of benzene rings is 2. The fraction of sp³-hybridized carbons (Fsp3) is 0.455. The highest BCUT2D eigenvalue weighted by molar-refractivity contribution is 8.93. The van der Waals surface area contributed by atoms with Gasteiger partial charge in [0.25, 0.3) is 0 Å². The van der Waals surface area contributed by atoms with E-state index >= 15 is 0 Å². The molecule has 2 fully saturated rings. The maximum absolute atomic E-state index is 2.74. The largest absolute Gasteiger partial charge is 0.297 e. The quantitative estimate of drug-likeness (QED) is 0.734. The van der Waals surface area contributed by atoms with E-state index in [9.17, 15) is 0 Å². The number of hydrogen-bond donors (Lipinski definition) is 0. The molecule has 2 nitrogen and oxygen atoms in total. The second-order valence-electron chi connectivity index (χ2n) is 7.67. The van der Waals surface area contributed by atoms with E-state index in [-0.39, 0.29) is 17.0 Å². The van der Waals surface area contributed by atoms with Gasteiger partial charge in [0.05, 0.1) is 0 Å². The van der Waals surface area contributed by atoms with E-state index in [1.807, 2.05) is 0 Å². The minimum atomic E-state index is 0. The third-order valence-corrected chi connectivity index (χ3v) is 5.92. The number of halogens is 1. The zero-order valence-corrected chi connectivity index (χ0v) is 17.2. The average molecular weight is 401 g/mol. The Morgan fingerprint density at radius 2 is 1.72 bits per heavy atom. The molecule has 0 bridgehead atoms. The van der Waals surface area contributed by atoms with Crippen LogP contribution in [0.1, 0.15) is 40.6 Å². The first kappa shape index (κ1) is 18.6. The molecule has 25 heavy (non-hydrogen) atoms. The van der Waals surface area contributed by atoms with Crippen LogP contribution in [0.25, 0.3) is 0 Å². The zero-order chi connectivity index (χ0) is 16.7. The van der Waals surface area contributed by atoms with Gasteiger partial charge in [0.15, 0.2) is 0 Å². The first-order chi connectivity index (χ1) is 11.6. The van der Waals surface area contributed by atoms with Crippen molar-refractivity contribution in [3.63, 3.8) is 0 Å². The van der Waals surface area contributed by atoms with Crippen LogP contribution in [0.4, 0.5) is 0 Å². The van der Waals surface area contributed by atoms with Crippen LogP contribution >= 0.6 is 17.0 Å². The second kappa shape index (κ2) is 7.61. The van der Waals surface area contributed by atoms with Crippen molar-refractivity contribution in [3.8, 4) is 0 Å². The zero-order valence-electron chi connectivity index (χ0n) is 15.5. The van der Waals surface area contributed by atoms with Crippen molar-refractivity contribution >= 4 is 17.0 Å². The molecule has 2 aliphatic rings. The highest BCUT2D eigenvalue weighted by Crippen LogP contribution is 2.46. The summed E-state index contributed by atoms with van der Waals surface area (Å²) in [5, 5.41) is 0. The first-order valence-corrected chi connectivity index (χ1v) is 9.20. The summed E-state index contributed by atoms with van der Waals surface area (Å²) in [7, 11) is 2.28. The highest BCUT2D eigenvalue weighted by Gasteiger charge is 2.44. The molecule has 1 heterocycles. The van der Waals surface area contributed by atoms with Crippen molar-refractivity contribution in [2.45, 2.75) is 38.3 Å². The summed E-state index contributed by atoms with van der Waals surface area (Å²) < 4.78 is 0. The van der Waals surface area contributed by atoms with Crippen molar-refractivity contribution < 1.29 is 0 Å². The van der Waals surface area contributed by atoms with E-state index in [1.165, 1.54) is 35.2 Å². The van der Waals surface area contributed by atoms with E-state index in [2.05, 4.69) is 79.2 Å². The Balaban J connectivity index is 0.00000182. The fourth-order valence-corrected chi connectivity index (χ4v) is 4.37. The van der Waals surface area contributed by atoms with Gasteiger partial charge in [0.2, 0.25) is 0 Å². The lowest BCUT2D eigenvalue weighted by Gasteiger charge is -2.40. The summed E-state index contributed by atoms with van der Waals surface area (Å²) in [6, 6.07) is 19.3. The molecule has 2 aromatic carbocycles. The van der Waals surface area contributed by atoms with Crippen molar-refractivity contribution in [2.75, 3.05) is 26.7 Å². The van der Waals surface area contributed by atoms with E-state index in [0.717, 1.165) is 25.0 Å². The van der Waals surface area contributed by atoms with E-state index in [4.69, 9.17) is 0 Å². The molecule has 0 N–H and O–H groups in total. The monoisotopic (exact) mass is 400 g/mol. The molecule has 1 aliphatic carbocycles. The van der Waals surface area contributed by atoms with Gasteiger partial charge in [-0.2, -0.15) is 0 Å². The first-order valence-electron chi connectivity index (χ1n) is 9.20. The van der Waals surface area contributed by atoms with Gasteiger partial charge in [-0.1, -0.05) is 54.1 Å². The summed E-state index contributed by atoms with van der Waals surface area (Å²) in [5.74, 6) is 0.745. The van der Waals surface area contributed by atoms with Crippen LogP contribution < -0.4 is 0 Å². The van der Waals surface area contributed by atoms with Crippen molar-refractivity contribution in [1.29, 1.82) is 0 Å². The molecule has 4 rings (SSSR count). The Kier molecular flexibility index (Phi) is 5.67. The molecule has 0 amide bonds. The van der Waals surface area contributed by atoms with E-state index in [1.54, 1.807) is 0 Å². The molecule has 134 valence electrons. The molecule has 1 saturated heterocycles. The number of nitrogens with zero attached hydrogens (tertiary/aromatic N) is 2. The minimum absolute atomic E-state index is 0. The highest BCUT2D eigenvalue weighted by atomic mass is 79.9. The maximum Gasteiger partial charge on any atom is 0.0475 e. The van der Waals surface area contributed by atoms with Crippen LogP contribution in [0.15, 0.2) is 48.5 Å². The normalized spacial score (nSPS) is 26.9. The molecule has 3 heteroatoms. The molecular weight excluding hydrogens is 372 g/mol. The van der Waals surface area contributed by atoms with Crippen LogP contribution in [0.2, 0.25) is 0 Å². The van der Waals surface area contributed by atoms with E-state index < -0.39 is 0 Å². The molecule has 2 aromatic rings. The number of hydrogen-bond acceptors (Lipinski definition) is 2. The number of likely N-dealkylation sites (N-methyl/N-ethyl adjacent to an activating group) is 1. The van der Waals surface area contributed by atoms with Crippen LogP contribution in [0.5, 0.6) is 0 Å². The van der Waals surface area contributed by atoms with E-state index in [0.29, 0.717) is 6.04 Å². The molecule has 1 saturated carbocycles. The Labute approximate surface area is 162 Å². The third-order valence-electron chi connectivity index (χ3n) is 5.92. The van der Waals surface area contributed by atoms with Gasteiger partial charge in [0, 0.05) is 37.6 Å². The topological polar surface area (TPSA) is 6.48 Å². The van der Waals surface area contributed by atoms with Gasteiger partial charge in [0.1, 0.15) is 0 Å². The van der Waals surface area contributed by atoms with Crippen LogP contribution in [0.3, 0.4) is 0 Å². The van der Waals surface area contributed by atoms with Crippen LogP contribution in [-0.2, 0) is 0 Å².